The Balaban J connectivity index is 2.14. The summed E-state index contributed by atoms with van der Waals surface area (Å²) in [5.74, 6) is 5.74. The van der Waals surface area contributed by atoms with Gasteiger partial charge in [0.2, 0.25) is 0 Å². The van der Waals surface area contributed by atoms with Crippen LogP contribution < -0.4 is 11.4 Å². The van der Waals surface area contributed by atoms with E-state index in [2.05, 4.69) is 22.0 Å². The van der Waals surface area contributed by atoms with Crippen LogP contribution in [0.3, 0.4) is 0 Å². The van der Waals surface area contributed by atoms with Crippen LogP contribution in [-0.4, -0.2) is 21.3 Å². The van der Waals surface area contributed by atoms with Gasteiger partial charge in [-0.15, -0.1) is 11.3 Å². The van der Waals surface area contributed by atoms with Gasteiger partial charge in [-0.05, 0) is 12.1 Å². The lowest BCUT2D eigenvalue weighted by Crippen LogP contribution is -2.16. The first-order valence-corrected chi connectivity index (χ1v) is 5.48. The van der Waals surface area contributed by atoms with E-state index in [9.17, 15) is 4.79 Å². The van der Waals surface area contributed by atoms with Crippen LogP contribution in [0.25, 0.3) is 0 Å². The molecule has 0 aromatic carbocycles. The topological polar surface area (TPSA) is 76.7 Å². The van der Waals surface area contributed by atoms with Crippen molar-refractivity contribution >= 4 is 11.3 Å². The van der Waals surface area contributed by atoms with Gasteiger partial charge in [-0.1, -0.05) is 11.8 Å². The highest BCUT2D eigenvalue weighted by Crippen LogP contribution is 2.15. The Morgan fingerprint density at radius 2 is 2.44 bits per heavy atom. The molecule has 0 fully saturated rings. The number of hydrogen-bond acceptors (Lipinski definition) is 4. The van der Waals surface area contributed by atoms with Crippen molar-refractivity contribution in [2.75, 3.05) is 6.54 Å². The van der Waals surface area contributed by atoms with Gasteiger partial charge in [0.25, 0.3) is 0 Å². The summed E-state index contributed by atoms with van der Waals surface area (Å²) in [4.78, 5) is 13.2. The largest absolute Gasteiger partial charge is 0.343 e. The molecule has 0 atom stereocenters. The molecule has 5 nitrogen and oxygen atoms in total. The monoisotopic (exact) mass is 234 g/mol. The predicted molar refractivity (Wildman–Crippen MR) is 62.2 cm³/mol. The Hall–Kier alpha value is -1.84. The van der Waals surface area contributed by atoms with Gasteiger partial charge in [0.05, 0.1) is 18.0 Å². The van der Waals surface area contributed by atoms with Crippen molar-refractivity contribution in [1.82, 2.24) is 14.8 Å². The van der Waals surface area contributed by atoms with E-state index in [0.717, 1.165) is 9.75 Å². The van der Waals surface area contributed by atoms with E-state index < -0.39 is 0 Å². The van der Waals surface area contributed by atoms with Crippen LogP contribution in [0.1, 0.15) is 9.75 Å². The van der Waals surface area contributed by atoms with Crippen LogP contribution >= 0.6 is 11.3 Å². The maximum atomic E-state index is 11.2. The van der Waals surface area contributed by atoms with Crippen molar-refractivity contribution in [2.45, 2.75) is 6.54 Å². The maximum absolute atomic E-state index is 11.2. The van der Waals surface area contributed by atoms with Gasteiger partial charge >= 0.3 is 5.69 Å². The van der Waals surface area contributed by atoms with Gasteiger partial charge in [0.1, 0.15) is 6.33 Å². The average Bonchev–Trinajstić information content (AvgIpc) is 2.87. The number of H-pyrrole nitrogens is 1. The molecular formula is C10H10N4OS. The van der Waals surface area contributed by atoms with E-state index in [4.69, 9.17) is 5.73 Å². The zero-order valence-corrected chi connectivity index (χ0v) is 9.25. The fourth-order valence-electron chi connectivity index (χ4n) is 1.22. The predicted octanol–water partition coefficient (Wildman–Crippen LogP) is -0.00860. The molecule has 0 aliphatic heterocycles. The highest BCUT2D eigenvalue weighted by Gasteiger charge is 2.01. The molecule has 0 saturated carbocycles. The van der Waals surface area contributed by atoms with Gasteiger partial charge in [-0.3, -0.25) is 4.57 Å². The highest BCUT2D eigenvalue weighted by molar-refractivity contribution is 7.12. The highest BCUT2D eigenvalue weighted by atomic mass is 32.1. The number of nitrogens with zero attached hydrogens (tertiary/aromatic N) is 2. The normalized spacial score (nSPS) is 9.81. The number of nitrogens with two attached hydrogens (primary N) is 1. The Kier molecular flexibility index (Phi) is 3.19. The molecule has 2 aromatic rings. The van der Waals surface area contributed by atoms with E-state index in [1.165, 1.54) is 10.9 Å². The molecule has 0 saturated heterocycles. The van der Waals surface area contributed by atoms with Crippen LogP contribution in [0.2, 0.25) is 0 Å². The van der Waals surface area contributed by atoms with Crippen molar-refractivity contribution in [2.24, 2.45) is 5.73 Å². The molecule has 0 unspecified atom stereocenters. The van der Waals surface area contributed by atoms with Crippen LogP contribution in [0.15, 0.2) is 23.3 Å². The lowest BCUT2D eigenvalue weighted by molar-refractivity contribution is 0.772. The summed E-state index contributed by atoms with van der Waals surface area (Å²) in [6, 6.07) is 3.87. The summed E-state index contributed by atoms with van der Waals surface area (Å²) in [5, 5.41) is 6.01. The van der Waals surface area contributed by atoms with E-state index in [-0.39, 0.29) is 5.69 Å². The number of rotatable bonds is 2. The van der Waals surface area contributed by atoms with Crippen molar-refractivity contribution in [1.29, 1.82) is 0 Å². The molecule has 82 valence electrons. The van der Waals surface area contributed by atoms with Crippen molar-refractivity contribution in [3.8, 4) is 11.8 Å². The van der Waals surface area contributed by atoms with Gasteiger partial charge in [0, 0.05) is 4.88 Å². The summed E-state index contributed by atoms with van der Waals surface area (Å²) in [5.41, 5.74) is 5.08. The lowest BCUT2D eigenvalue weighted by atomic mass is 10.4. The second kappa shape index (κ2) is 4.79. The summed E-state index contributed by atoms with van der Waals surface area (Å²) in [6.07, 6.45) is 1.48. The SMILES string of the molecule is NCC#Cc1ccc(Cn2cn[nH]c2=O)s1. The van der Waals surface area contributed by atoms with E-state index in [1.807, 2.05) is 12.1 Å². The summed E-state index contributed by atoms with van der Waals surface area (Å²) in [7, 11) is 0. The molecule has 2 heterocycles. The minimum Gasteiger partial charge on any atom is -0.320 e. The molecule has 0 aliphatic carbocycles. The van der Waals surface area contributed by atoms with Crippen molar-refractivity contribution in [3.63, 3.8) is 0 Å². The summed E-state index contributed by atoms with van der Waals surface area (Å²) < 4.78 is 1.51. The minimum atomic E-state index is -0.206. The molecule has 0 spiro atoms. The number of nitrogens with one attached hydrogen (secondary N) is 1. The quantitative estimate of drug-likeness (QED) is 0.718. The zero-order chi connectivity index (χ0) is 11.4. The van der Waals surface area contributed by atoms with Gasteiger partial charge < -0.3 is 5.73 Å². The third-order valence-corrected chi connectivity index (χ3v) is 2.91. The Morgan fingerprint density at radius 1 is 1.56 bits per heavy atom. The van der Waals surface area contributed by atoms with E-state index in [0.29, 0.717) is 13.1 Å². The molecule has 2 rings (SSSR count). The maximum Gasteiger partial charge on any atom is 0.343 e. The first kappa shape index (κ1) is 10.7. The number of aromatic amines is 1. The van der Waals surface area contributed by atoms with Crippen LogP contribution in [0, 0.1) is 11.8 Å². The fourth-order valence-corrected chi connectivity index (χ4v) is 2.10. The molecule has 2 aromatic heterocycles. The summed E-state index contributed by atoms with van der Waals surface area (Å²) in [6.45, 7) is 0.874. The van der Waals surface area contributed by atoms with Crippen molar-refractivity contribution < 1.29 is 0 Å². The number of aromatic nitrogens is 3. The average molecular weight is 234 g/mol. The molecule has 16 heavy (non-hydrogen) atoms. The van der Waals surface area contributed by atoms with Gasteiger partial charge in [-0.2, -0.15) is 5.10 Å². The Labute approximate surface area is 95.9 Å². The Bertz CT molecular complexity index is 583. The van der Waals surface area contributed by atoms with E-state index >= 15 is 0 Å². The molecule has 0 aliphatic rings. The minimum absolute atomic E-state index is 0.206. The van der Waals surface area contributed by atoms with Crippen molar-refractivity contribution in [3.05, 3.63) is 38.7 Å². The van der Waals surface area contributed by atoms with Crippen LogP contribution in [0.5, 0.6) is 0 Å². The molecule has 0 radical (unpaired) electrons. The number of thiophene rings is 1. The summed E-state index contributed by atoms with van der Waals surface area (Å²) >= 11 is 1.55. The third-order valence-electron chi connectivity index (χ3n) is 1.92. The van der Waals surface area contributed by atoms with Crippen LogP contribution in [0.4, 0.5) is 0 Å². The number of hydrogen-bond donors (Lipinski definition) is 2. The second-order valence-electron chi connectivity index (χ2n) is 3.06. The van der Waals surface area contributed by atoms with Crippen LogP contribution in [-0.2, 0) is 6.54 Å². The first-order chi connectivity index (χ1) is 7.79. The van der Waals surface area contributed by atoms with Gasteiger partial charge in [-0.25, -0.2) is 9.89 Å². The third kappa shape index (κ3) is 2.39. The standard InChI is InChI=1S/C10H10N4OS/c11-5-1-2-8-3-4-9(16-8)6-14-7-12-13-10(14)15/h3-4,7H,5-6,11H2,(H,13,15). The molecule has 0 bridgehead atoms. The Morgan fingerprint density at radius 3 is 3.12 bits per heavy atom. The molecule has 6 heteroatoms. The molecule has 0 amide bonds. The fraction of sp³-hybridized carbons (Fsp3) is 0.200. The molecular weight excluding hydrogens is 224 g/mol. The lowest BCUT2D eigenvalue weighted by Gasteiger charge is -1.94. The zero-order valence-electron chi connectivity index (χ0n) is 8.43. The second-order valence-corrected chi connectivity index (χ2v) is 4.23. The molecule has 3 N–H and O–H groups in total. The first-order valence-electron chi connectivity index (χ1n) is 4.67. The van der Waals surface area contributed by atoms with E-state index in [1.54, 1.807) is 11.3 Å². The van der Waals surface area contributed by atoms with Gasteiger partial charge in [0.15, 0.2) is 0 Å². The smallest absolute Gasteiger partial charge is 0.320 e.